The molecule has 0 aromatic carbocycles. The Morgan fingerprint density at radius 2 is 2.20 bits per heavy atom. The summed E-state index contributed by atoms with van der Waals surface area (Å²) in [6, 6.07) is 5.82. The Hall–Kier alpha value is -1.75. The van der Waals surface area contributed by atoms with Gasteiger partial charge in [-0.15, -0.1) is 11.3 Å². The van der Waals surface area contributed by atoms with E-state index in [0.29, 0.717) is 6.54 Å². The van der Waals surface area contributed by atoms with Gasteiger partial charge in [0.05, 0.1) is 11.4 Å². The molecule has 5 heteroatoms. The SMILES string of the molecule is Cc1nc(-c2ccccn2)sc1CCNC(=O)C(C)C. The van der Waals surface area contributed by atoms with E-state index in [2.05, 4.69) is 15.3 Å². The van der Waals surface area contributed by atoms with E-state index >= 15 is 0 Å². The average Bonchev–Trinajstić information content (AvgIpc) is 2.81. The minimum Gasteiger partial charge on any atom is -0.356 e. The molecule has 0 aliphatic carbocycles. The van der Waals surface area contributed by atoms with E-state index < -0.39 is 0 Å². The van der Waals surface area contributed by atoms with Crippen LogP contribution in [0.2, 0.25) is 0 Å². The standard InChI is InChI=1S/C15H19N3OS/c1-10(2)14(19)17-9-7-13-11(3)18-15(20-13)12-6-4-5-8-16-12/h4-6,8,10H,7,9H2,1-3H3,(H,17,19). The van der Waals surface area contributed by atoms with Crippen LogP contribution >= 0.6 is 11.3 Å². The van der Waals surface area contributed by atoms with E-state index in [-0.39, 0.29) is 11.8 Å². The molecular weight excluding hydrogens is 270 g/mol. The van der Waals surface area contributed by atoms with Crippen LogP contribution < -0.4 is 5.32 Å². The highest BCUT2D eigenvalue weighted by atomic mass is 32.1. The molecule has 0 fully saturated rings. The lowest BCUT2D eigenvalue weighted by Crippen LogP contribution is -2.29. The van der Waals surface area contributed by atoms with Crippen molar-refractivity contribution in [2.45, 2.75) is 27.2 Å². The lowest BCUT2D eigenvalue weighted by atomic mass is 10.2. The molecule has 0 atom stereocenters. The molecule has 20 heavy (non-hydrogen) atoms. The molecule has 0 saturated heterocycles. The average molecular weight is 289 g/mol. The molecule has 0 spiro atoms. The van der Waals surface area contributed by atoms with Crippen LogP contribution in [0.5, 0.6) is 0 Å². The van der Waals surface area contributed by atoms with Crippen LogP contribution in [0.1, 0.15) is 24.4 Å². The Kier molecular flexibility index (Phi) is 4.84. The zero-order chi connectivity index (χ0) is 14.5. The minimum absolute atomic E-state index is 0.0293. The topological polar surface area (TPSA) is 54.9 Å². The number of nitrogens with zero attached hydrogens (tertiary/aromatic N) is 2. The second kappa shape index (κ2) is 6.61. The van der Waals surface area contributed by atoms with Gasteiger partial charge in [0.2, 0.25) is 5.91 Å². The van der Waals surface area contributed by atoms with E-state index in [1.807, 2.05) is 39.0 Å². The van der Waals surface area contributed by atoms with Crippen LogP contribution in [0.15, 0.2) is 24.4 Å². The molecule has 2 heterocycles. The Morgan fingerprint density at radius 1 is 1.40 bits per heavy atom. The third-order valence-electron chi connectivity index (χ3n) is 2.95. The zero-order valence-electron chi connectivity index (χ0n) is 12.0. The van der Waals surface area contributed by atoms with Gasteiger partial charge in [-0.3, -0.25) is 9.78 Å². The monoisotopic (exact) mass is 289 g/mol. The number of hydrogen-bond donors (Lipinski definition) is 1. The van der Waals surface area contributed by atoms with E-state index in [0.717, 1.165) is 22.8 Å². The number of pyridine rings is 1. The van der Waals surface area contributed by atoms with Crippen LogP contribution in [0.25, 0.3) is 10.7 Å². The number of thiazole rings is 1. The van der Waals surface area contributed by atoms with Crippen molar-refractivity contribution in [2.75, 3.05) is 6.54 Å². The summed E-state index contributed by atoms with van der Waals surface area (Å²) in [5.74, 6) is 0.124. The molecule has 2 aromatic rings. The number of amides is 1. The van der Waals surface area contributed by atoms with Crippen molar-refractivity contribution in [3.8, 4) is 10.7 Å². The molecule has 0 aliphatic heterocycles. The molecule has 4 nitrogen and oxygen atoms in total. The van der Waals surface area contributed by atoms with Gasteiger partial charge in [0.1, 0.15) is 5.01 Å². The van der Waals surface area contributed by atoms with Gasteiger partial charge in [-0.2, -0.15) is 0 Å². The lowest BCUT2D eigenvalue weighted by Gasteiger charge is -2.06. The molecule has 1 N–H and O–H groups in total. The van der Waals surface area contributed by atoms with Crippen molar-refractivity contribution in [1.29, 1.82) is 0 Å². The highest BCUT2D eigenvalue weighted by Crippen LogP contribution is 2.26. The molecule has 106 valence electrons. The number of carbonyl (C=O) groups excluding carboxylic acids is 1. The molecule has 1 amide bonds. The molecular formula is C15H19N3OS. The molecule has 2 rings (SSSR count). The summed E-state index contributed by atoms with van der Waals surface area (Å²) in [4.78, 5) is 21.6. The fourth-order valence-corrected chi connectivity index (χ4v) is 2.80. The molecule has 0 unspecified atom stereocenters. The Bertz CT molecular complexity index is 578. The number of aromatic nitrogens is 2. The van der Waals surface area contributed by atoms with Gasteiger partial charge in [0.15, 0.2) is 0 Å². The summed E-state index contributed by atoms with van der Waals surface area (Å²) in [6.07, 6.45) is 2.59. The fourth-order valence-electron chi connectivity index (χ4n) is 1.76. The number of aryl methyl sites for hydroxylation is 1. The van der Waals surface area contributed by atoms with Crippen LogP contribution in [0.3, 0.4) is 0 Å². The maximum atomic E-state index is 11.5. The first-order valence-corrected chi connectivity index (χ1v) is 7.55. The molecule has 0 saturated carbocycles. The van der Waals surface area contributed by atoms with Crippen LogP contribution in [-0.4, -0.2) is 22.4 Å². The number of carbonyl (C=O) groups is 1. The van der Waals surface area contributed by atoms with Crippen molar-refractivity contribution < 1.29 is 4.79 Å². The largest absolute Gasteiger partial charge is 0.356 e. The normalized spacial score (nSPS) is 10.8. The third kappa shape index (κ3) is 3.63. The van der Waals surface area contributed by atoms with Gasteiger partial charge < -0.3 is 5.32 Å². The van der Waals surface area contributed by atoms with Crippen molar-refractivity contribution in [3.63, 3.8) is 0 Å². The van der Waals surface area contributed by atoms with Crippen molar-refractivity contribution in [1.82, 2.24) is 15.3 Å². The summed E-state index contributed by atoms with van der Waals surface area (Å²) >= 11 is 1.65. The summed E-state index contributed by atoms with van der Waals surface area (Å²) < 4.78 is 0. The van der Waals surface area contributed by atoms with E-state index in [1.54, 1.807) is 17.5 Å². The van der Waals surface area contributed by atoms with Gasteiger partial charge in [-0.1, -0.05) is 19.9 Å². The number of hydrogen-bond acceptors (Lipinski definition) is 4. The first kappa shape index (κ1) is 14.7. The van der Waals surface area contributed by atoms with Gasteiger partial charge in [0, 0.05) is 30.0 Å². The predicted octanol–water partition coefficient (Wildman–Crippen LogP) is 2.83. The fraction of sp³-hybridized carbons (Fsp3) is 0.400. The van der Waals surface area contributed by atoms with Crippen molar-refractivity contribution in [3.05, 3.63) is 35.0 Å². The maximum absolute atomic E-state index is 11.5. The van der Waals surface area contributed by atoms with Crippen LogP contribution in [0, 0.1) is 12.8 Å². The highest BCUT2D eigenvalue weighted by Gasteiger charge is 2.11. The third-order valence-corrected chi connectivity index (χ3v) is 4.19. The first-order valence-electron chi connectivity index (χ1n) is 6.73. The van der Waals surface area contributed by atoms with Gasteiger partial charge >= 0.3 is 0 Å². The van der Waals surface area contributed by atoms with Crippen LogP contribution in [-0.2, 0) is 11.2 Å². The van der Waals surface area contributed by atoms with Gasteiger partial charge in [-0.25, -0.2) is 4.98 Å². The second-order valence-corrected chi connectivity index (χ2v) is 6.02. The summed E-state index contributed by atoms with van der Waals surface area (Å²) in [6.45, 7) is 6.45. The Labute approximate surface area is 123 Å². The quantitative estimate of drug-likeness (QED) is 0.921. The Morgan fingerprint density at radius 3 is 2.85 bits per heavy atom. The van der Waals surface area contributed by atoms with Crippen molar-refractivity contribution in [2.24, 2.45) is 5.92 Å². The van der Waals surface area contributed by atoms with Gasteiger partial charge in [-0.05, 0) is 19.1 Å². The number of rotatable bonds is 5. The zero-order valence-corrected chi connectivity index (χ0v) is 12.8. The van der Waals surface area contributed by atoms with Gasteiger partial charge in [0.25, 0.3) is 0 Å². The summed E-state index contributed by atoms with van der Waals surface area (Å²) in [5, 5.41) is 3.87. The smallest absolute Gasteiger partial charge is 0.222 e. The lowest BCUT2D eigenvalue weighted by molar-refractivity contribution is -0.123. The molecule has 0 radical (unpaired) electrons. The summed E-state index contributed by atoms with van der Waals surface area (Å²) in [5.41, 5.74) is 1.92. The molecule has 2 aromatic heterocycles. The number of nitrogens with one attached hydrogen (secondary N) is 1. The highest BCUT2D eigenvalue weighted by molar-refractivity contribution is 7.15. The first-order chi connectivity index (χ1) is 9.58. The minimum atomic E-state index is 0.0293. The predicted molar refractivity (Wildman–Crippen MR) is 81.6 cm³/mol. The molecule has 0 aliphatic rings. The maximum Gasteiger partial charge on any atom is 0.222 e. The summed E-state index contributed by atoms with van der Waals surface area (Å²) in [7, 11) is 0. The van der Waals surface area contributed by atoms with E-state index in [9.17, 15) is 4.79 Å². The van der Waals surface area contributed by atoms with E-state index in [4.69, 9.17) is 0 Å². The second-order valence-electron chi connectivity index (χ2n) is 4.94. The van der Waals surface area contributed by atoms with Crippen molar-refractivity contribution >= 4 is 17.2 Å². The van der Waals surface area contributed by atoms with Crippen LogP contribution in [0.4, 0.5) is 0 Å². The van der Waals surface area contributed by atoms with E-state index in [1.165, 1.54) is 4.88 Å². The molecule has 0 bridgehead atoms. The Balaban J connectivity index is 2.00.